The van der Waals surface area contributed by atoms with Gasteiger partial charge >= 0.3 is 0 Å². The van der Waals surface area contributed by atoms with Crippen LogP contribution < -0.4 is 5.32 Å². The molecule has 0 aromatic carbocycles. The Hall–Kier alpha value is -2.68. The standard InChI is InChI=1S/C17H21N7OS/c1-4-14-21-17(23-22-14)26-10-16(25)20-11(2)13-9-19-24(12(13)3)15-7-5-6-8-18-15/h5-9,11H,4,10H2,1-3H3,(H,20,25)(H,21,22,23)/t11-/m0/s1. The molecule has 0 fully saturated rings. The van der Waals surface area contributed by atoms with Crippen LogP contribution in [0.25, 0.3) is 5.82 Å². The zero-order valence-electron chi connectivity index (χ0n) is 14.9. The molecule has 3 aromatic heterocycles. The number of nitrogens with zero attached hydrogens (tertiary/aromatic N) is 5. The van der Waals surface area contributed by atoms with E-state index in [0.29, 0.717) is 5.16 Å². The number of thioether (sulfide) groups is 1. The lowest BCUT2D eigenvalue weighted by Crippen LogP contribution is -2.28. The van der Waals surface area contributed by atoms with Gasteiger partial charge in [-0.2, -0.15) is 5.10 Å². The van der Waals surface area contributed by atoms with E-state index in [2.05, 4.69) is 30.6 Å². The largest absolute Gasteiger partial charge is 0.349 e. The topological polar surface area (TPSA) is 101 Å². The lowest BCUT2D eigenvalue weighted by Gasteiger charge is -2.13. The molecule has 26 heavy (non-hydrogen) atoms. The van der Waals surface area contributed by atoms with Crippen LogP contribution in [0.5, 0.6) is 0 Å². The van der Waals surface area contributed by atoms with Crippen LogP contribution in [0.15, 0.2) is 35.7 Å². The molecule has 0 saturated carbocycles. The molecule has 0 aliphatic carbocycles. The Kier molecular flexibility index (Phi) is 5.67. The highest BCUT2D eigenvalue weighted by Crippen LogP contribution is 2.20. The average molecular weight is 371 g/mol. The molecule has 0 aliphatic rings. The number of aromatic amines is 1. The van der Waals surface area contributed by atoms with Crippen molar-refractivity contribution in [2.24, 2.45) is 0 Å². The normalized spacial score (nSPS) is 12.1. The summed E-state index contributed by atoms with van der Waals surface area (Å²) in [6.07, 6.45) is 4.28. The number of rotatable bonds is 7. The van der Waals surface area contributed by atoms with Crippen molar-refractivity contribution in [3.63, 3.8) is 0 Å². The van der Waals surface area contributed by atoms with Crippen molar-refractivity contribution in [3.05, 3.63) is 47.7 Å². The molecule has 1 atom stereocenters. The van der Waals surface area contributed by atoms with Crippen molar-refractivity contribution in [3.8, 4) is 5.82 Å². The zero-order valence-corrected chi connectivity index (χ0v) is 15.7. The Balaban J connectivity index is 1.60. The maximum absolute atomic E-state index is 12.2. The van der Waals surface area contributed by atoms with Crippen LogP contribution in [0.2, 0.25) is 0 Å². The fourth-order valence-corrected chi connectivity index (χ4v) is 3.18. The van der Waals surface area contributed by atoms with Crippen LogP contribution in [-0.4, -0.2) is 41.6 Å². The average Bonchev–Trinajstić information content (AvgIpc) is 3.27. The predicted molar refractivity (Wildman–Crippen MR) is 99.1 cm³/mol. The highest BCUT2D eigenvalue weighted by molar-refractivity contribution is 7.99. The quantitative estimate of drug-likeness (QED) is 0.618. The van der Waals surface area contributed by atoms with E-state index in [-0.39, 0.29) is 17.7 Å². The number of carbonyl (C=O) groups excluding carboxylic acids is 1. The summed E-state index contributed by atoms with van der Waals surface area (Å²) in [5.41, 5.74) is 1.91. The van der Waals surface area contributed by atoms with Crippen LogP contribution in [-0.2, 0) is 11.2 Å². The molecule has 9 heteroatoms. The smallest absolute Gasteiger partial charge is 0.230 e. The number of hydrogen-bond donors (Lipinski definition) is 2. The molecule has 0 bridgehead atoms. The predicted octanol–water partition coefficient (Wildman–Crippen LogP) is 2.23. The van der Waals surface area contributed by atoms with E-state index in [0.717, 1.165) is 29.3 Å². The van der Waals surface area contributed by atoms with Crippen LogP contribution >= 0.6 is 11.8 Å². The maximum atomic E-state index is 12.2. The number of H-pyrrole nitrogens is 1. The van der Waals surface area contributed by atoms with Crippen molar-refractivity contribution < 1.29 is 4.79 Å². The van der Waals surface area contributed by atoms with Crippen LogP contribution in [0.4, 0.5) is 0 Å². The number of aromatic nitrogens is 6. The Labute approximate surface area is 155 Å². The van der Waals surface area contributed by atoms with Gasteiger partial charge in [-0.25, -0.2) is 14.6 Å². The highest BCUT2D eigenvalue weighted by Gasteiger charge is 2.17. The first-order valence-corrected chi connectivity index (χ1v) is 9.36. The van der Waals surface area contributed by atoms with E-state index in [1.165, 1.54) is 11.8 Å². The van der Waals surface area contributed by atoms with Gasteiger partial charge < -0.3 is 5.32 Å². The molecule has 0 unspecified atom stereocenters. The minimum absolute atomic E-state index is 0.0738. The Morgan fingerprint density at radius 1 is 1.42 bits per heavy atom. The van der Waals surface area contributed by atoms with Gasteiger partial charge in [-0.1, -0.05) is 24.8 Å². The van der Waals surface area contributed by atoms with E-state index < -0.39 is 0 Å². The molecular formula is C17H21N7OS. The molecule has 0 aliphatic heterocycles. The number of hydrogen-bond acceptors (Lipinski definition) is 6. The third kappa shape index (κ3) is 4.10. The molecule has 3 aromatic rings. The second-order valence-electron chi connectivity index (χ2n) is 5.78. The van der Waals surface area contributed by atoms with E-state index in [9.17, 15) is 4.79 Å². The Morgan fingerprint density at radius 2 is 2.27 bits per heavy atom. The Bertz CT molecular complexity index is 874. The van der Waals surface area contributed by atoms with Gasteiger partial charge in [0.2, 0.25) is 11.1 Å². The maximum Gasteiger partial charge on any atom is 0.230 e. The van der Waals surface area contributed by atoms with E-state index in [4.69, 9.17) is 0 Å². The monoisotopic (exact) mass is 371 g/mol. The van der Waals surface area contributed by atoms with E-state index in [1.807, 2.05) is 39.0 Å². The van der Waals surface area contributed by atoms with Gasteiger partial charge in [0.05, 0.1) is 18.0 Å². The Morgan fingerprint density at radius 3 is 2.96 bits per heavy atom. The molecule has 3 heterocycles. The van der Waals surface area contributed by atoms with E-state index in [1.54, 1.807) is 17.1 Å². The second kappa shape index (κ2) is 8.13. The summed E-state index contributed by atoms with van der Waals surface area (Å²) >= 11 is 1.31. The van der Waals surface area contributed by atoms with Crippen LogP contribution in [0, 0.1) is 6.92 Å². The molecule has 3 rings (SSSR count). The number of carbonyl (C=O) groups is 1. The number of nitrogens with one attached hydrogen (secondary N) is 2. The number of aryl methyl sites for hydroxylation is 1. The molecule has 2 N–H and O–H groups in total. The zero-order chi connectivity index (χ0) is 18.5. The molecule has 0 saturated heterocycles. The third-order valence-electron chi connectivity index (χ3n) is 3.94. The van der Waals surface area contributed by atoms with E-state index >= 15 is 0 Å². The van der Waals surface area contributed by atoms with Crippen molar-refractivity contribution in [1.82, 2.24) is 35.3 Å². The number of pyridine rings is 1. The first-order valence-electron chi connectivity index (χ1n) is 8.37. The molecule has 0 radical (unpaired) electrons. The van der Waals surface area contributed by atoms with Crippen molar-refractivity contribution in [2.75, 3.05) is 5.75 Å². The van der Waals surface area contributed by atoms with Crippen LogP contribution in [0.3, 0.4) is 0 Å². The van der Waals surface area contributed by atoms with Gasteiger partial charge in [-0.3, -0.25) is 9.89 Å². The highest BCUT2D eigenvalue weighted by atomic mass is 32.2. The summed E-state index contributed by atoms with van der Waals surface area (Å²) in [6.45, 7) is 5.91. The van der Waals surface area contributed by atoms with Gasteiger partial charge in [0, 0.05) is 23.9 Å². The first-order chi connectivity index (χ1) is 12.6. The SMILES string of the molecule is CCc1nc(SCC(=O)N[C@@H](C)c2cnn(-c3ccccn3)c2C)n[nH]1. The fourth-order valence-electron chi connectivity index (χ4n) is 2.55. The summed E-state index contributed by atoms with van der Waals surface area (Å²) in [7, 11) is 0. The summed E-state index contributed by atoms with van der Waals surface area (Å²) in [4.78, 5) is 20.8. The van der Waals surface area contributed by atoms with Crippen molar-refractivity contribution >= 4 is 17.7 Å². The summed E-state index contributed by atoms with van der Waals surface area (Å²) in [5, 5.41) is 14.9. The lowest BCUT2D eigenvalue weighted by atomic mass is 10.1. The summed E-state index contributed by atoms with van der Waals surface area (Å²) < 4.78 is 1.77. The molecule has 1 amide bonds. The number of amides is 1. The van der Waals surface area contributed by atoms with Gasteiger partial charge in [0.15, 0.2) is 5.82 Å². The van der Waals surface area contributed by atoms with Gasteiger partial charge in [-0.05, 0) is 26.0 Å². The summed E-state index contributed by atoms with van der Waals surface area (Å²) in [6, 6.07) is 5.52. The van der Waals surface area contributed by atoms with Gasteiger partial charge in [0.25, 0.3) is 0 Å². The van der Waals surface area contributed by atoms with Gasteiger partial charge in [0.1, 0.15) is 5.82 Å². The molecule has 8 nitrogen and oxygen atoms in total. The lowest BCUT2D eigenvalue weighted by molar-refractivity contribution is -0.119. The molecule has 136 valence electrons. The fraction of sp³-hybridized carbons (Fsp3) is 0.353. The van der Waals surface area contributed by atoms with Gasteiger partial charge in [-0.15, -0.1) is 5.10 Å². The first kappa shape index (κ1) is 18.1. The minimum Gasteiger partial charge on any atom is -0.349 e. The third-order valence-corrected chi connectivity index (χ3v) is 4.78. The van der Waals surface area contributed by atoms with Crippen molar-refractivity contribution in [1.29, 1.82) is 0 Å². The molecular weight excluding hydrogens is 350 g/mol. The van der Waals surface area contributed by atoms with Crippen LogP contribution in [0.1, 0.15) is 37.0 Å². The summed E-state index contributed by atoms with van der Waals surface area (Å²) in [5.74, 6) is 1.76. The molecule has 0 spiro atoms. The second-order valence-corrected chi connectivity index (χ2v) is 6.72. The minimum atomic E-state index is -0.154. The van der Waals surface area contributed by atoms with Crippen molar-refractivity contribution in [2.45, 2.75) is 38.4 Å².